The van der Waals surface area contributed by atoms with Gasteiger partial charge in [-0.15, -0.1) is 0 Å². The Morgan fingerprint density at radius 1 is 1.47 bits per heavy atom. The van der Waals surface area contributed by atoms with E-state index in [1.807, 2.05) is 19.2 Å². The third kappa shape index (κ3) is 4.10. The van der Waals surface area contributed by atoms with Gasteiger partial charge in [0, 0.05) is 17.9 Å². The highest BCUT2D eigenvalue weighted by Crippen LogP contribution is 2.27. The number of hydrogen-bond acceptors (Lipinski definition) is 3. The van der Waals surface area contributed by atoms with Crippen molar-refractivity contribution in [1.29, 1.82) is 0 Å². The van der Waals surface area contributed by atoms with Crippen molar-refractivity contribution >= 4 is 17.5 Å². The summed E-state index contributed by atoms with van der Waals surface area (Å²) in [5.74, 6) is 1.35. The van der Waals surface area contributed by atoms with E-state index in [1.165, 1.54) is 32.1 Å². The number of thioether (sulfide) groups is 1. The van der Waals surface area contributed by atoms with E-state index in [-0.39, 0.29) is 5.92 Å². The summed E-state index contributed by atoms with van der Waals surface area (Å²) in [4.78, 5) is 12.0. The Morgan fingerprint density at radius 3 is 2.89 bits per heavy atom. The molecule has 0 aliphatic heterocycles. The van der Waals surface area contributed by atoms with E-state index in [9.17, 15) is 4.79 Å². The predicted molar refractivity (Wildman–Crippen MR) is 80.6 cm³/mol. The molecule has 106 valence electrons. The Balaban J connectivity index is 1.91. The Morgan fingerprint density at radius 2 is 2.21 bits per heavy atom. The molecule has 1 atom stereocenters. The molecule has 0 bridgehead atoms. The predicted octanol–water partition coefficient (Wildman–Crippen LogP) is 3.50. The van der Waals surface area contributed by atoms with Gasteiger partial charge in [-0.25, -0.2) is 0 Å². The minimum absolute atomic E-state index is 0.134. The van der Waals surface area contributed by atoms with Gasteiger partial charge >= 0.3 is 0 Å². The Bertz CT molecular complexity index is 410. The molecular weight excluding hydrogens is 256 g/mol. The van der Waals surface area contributed by atoms with Gasteiger partial charge < -0.3 is 0 Å². The van der Waals surface area contributed by atoms with Gasteiger partial charge in [0.05, 0.1) is 18.2 Å². The SMILES string of the molecule is CSCC(C)C(=O)Cc1ccn(C2CCCCC2)n1. The zero-order valence-corrected chi connectivity index (χ0v) is 12.8. The van der Waals surface area contributed by atoms with E-state index in [1.54, 1.807) is 11.8 Å². The first-order chi connectivity index (χ1) is 9.20. The summed E-state index contributed by atoms with van der Waals surface area (Å²) in [6, 6.07) is 2.57. The maximum Gasteiger partial charge on any atom is 0.142 e. The normalized spacial score (nSPS) is 18.4. The van der Waals surface area contributed by atoms with E-state index < -0.39 is 0 Å². The third-order valence-corrected chi connectivity index (χ3v) is 4.77. The van der Waals surface area contributed by atoms with Crippen LogP contribution in [0.25, 0.3) is 0 Å². The fourth-order valence-corrected chi connectivity index (χ4v) is 3.40. The van der Waals surface area contributed by atoms with Crippen molar-refractivity contribution in [3.05, 3.63) is 18.0 Å². The number of nitrogens with zero attached hydrogens (tertiary/aromatic N) is 2. The number of carbonyl (C=O) groups excluding carboxylic acids is 1. The molecule has 1 unspecified atom stereocenters. The van der Waals surface area contributed by atoms with Crippen molar-refractivity contribution < 1.29 is 4.79 Å². The van der Waals surface area contributed by atoms with Gasteiger partial charge in [-0.1, -0.05) is 26.2 Å². The molecular formula is C15H24N2OS. The van der Waals surface area contributed by atoms with E-state index in [0.717, 1.165) is 11.4 Å². The van der Waals surface area contributed by atoms with Gasteiger partial charge in [0.15, 0.2) is 0 Å². The number of Topliss-reactive ketones (excluding diaryl/α,β-unsaturated/α-hetero) is 1. The topological polar surface area (TPSA) is 34.9 Å². The standard InChI is InChI=1S/C15H24N2OS/c1-12(11-19-2)15(18)10-13-8-9-17(16-13)14-6-4-3-5-7-14/h8-9,12,14H,3-7,10-11H2,1-2H3. The van der Waals surface area contributed by atoms with Crippen LogP contribution in [0.15, 0.2) is 12.3 Å². The Kier molecular flexibility index (Phi) is 5.49. The lowest BCUT2D eigenvalue weighted by Gasteiger charge is -2.21. The van der Waals surface area contributed by atoms with Crippen LogP contribution in [-0.4, -0.2) is 27.6 Å². The van der Waals surface area contributed by atoms with Gasteiger partial charge in [-0.05, 0) is 25.2 Å². The van der Waals surface area contributed by atoms with Crippen LogP contribution in [0.4, 0.5) is 0 Å². The second-order valence-electron chi connectivity index (χ2n) is 5.58. The maximum absolute atomic E-state index is 12.0. The largest absolute Gasteiger partial charge is 0.299 e. The average Bonchev–Trinajstić information content (AvgIpc) is 2.88. The van der Waals surface area contributed by atoms with Crippen LogP contribution in [0, 0.1) is 5.92 Å². The first kappa shape index (κ1) is 14.6. The van der Waals surface area contributed by atoms with Gasteiger partial charge in [-0.2, -0.15) is 16.9 Å². The summed E-state index contributed by atoms with van der Waals surface area (Å²) in [7, 11) is 0. The third-order valence-electron chi connectivity index (χ3n) is 3.93. The van der Waals surface area contributed by atoms with E-state index in [0.29, 0.717) is 18.2 Å². The molecule has 0 amide bonds. The summed E-state index contributed by atoms with van der Waals surface area (Å²) >= 11 is 1.73. The summed E-state index contributed by atoms with van der Waals surface area (Å²) < 4.78 is 2.08. The molecule has 2 rings (SSSR count). The lowest BCUT2D eigenvalue weighted by atomic mass is 9.96. The number of ketones is 1. The molecule has 4 heteroatoms. The fourth-order valence-electron chi connectivity index (χ4n) is 2.72. The van der Waals surface area contributed by atoms with E-state index >= 15 is 0 Å². The summed E-state index contributed by atoms with van der Waals surface area (Å²) in [6.07, 6.45) is 11.0. The molecule has 1 aliphatic rings. The first-order valence-corrected chi connectivity index (χ1v) is 8.65. The second kappa shape index (κ2) is 7.13. The van der Waals surface area contributed by atoms with Crippen LogP contribution < -0.4 is 0 Å². The first-order valence-electron chi connectivity index (χ1n) is 7.26. The van der Waals surface area contributed by atoms with Crippen LogP contribution in [0.3, 0.4) is 0 Å². The van der Waals surface area contributed by atoms with Crippen molar-refractivity contribution in [2.45, 2.75) is 51.5 Å². The van der Waals surface area contributed by atoms with Crippen LogP contribution in [-0.2, 0) is 11.2 Å². The van der Waals surface area contributed by atoms with Gasteiger partial charge in [0.25, 0.3) is 0 Å². The van der Waals surface area contributed by atoms with Crippen molar-refractivity contribution in [2.75, 3.05) is 12.0 Å². The summed E-state index contributed by atoms with van der Waals surface area (Å²) in [6.45, 7) is 2.01. The lowest BCUT2D eigenvalue weighted by Crippen LogP contribution is -2.17. The van der Waals surface area contributed by atoms with Crippen LogP contribution in [0.5, 0.6) is 0 Å². The van der Waals surface area contributed by atoms with Crippen LogP contribution >= 0.6 is 11.8 Å². The van der Waals surface area contributed by atoms with Gasteiger partial charge in [-0.3, -0.25) is 9.48 Å². The quantitative estimate of drug-likeness (QED) is 0.800. The van der Waals surface area contributed by atoms with Crippen molar-refractivity contribution in [2.24, 2.45) is 5.92 Å². The monoisotopic (exact) mass is 280 g/mol. The molecule has 0 saturated heterocycles. The molecule has 1 saturated carbocycles. The molecule has 1 aliphatic carbocycles. The molecule has 3 nitrogen and oxygen atoms in total. The second-order valence-corrected chi connectivity index (χ2v) is 6.49. The molecule has 1 heterocycles. The smallest absolute Gasteiger partial charge is 0.142 e. The maximum atomic E-state index is 12.0. The van der Waals surface area contributed by atoms with Crippen LogP contribution in [0.1, 0.15) is 50.8 Å². The van der Waals surface area contributed by atoms with Gasteiger partial charge in [0.1, 0.15) is 5.78 Å². The average molecular weight is 280 g/mol. The molecule has 19 heavy (non-hydrogen) atoms. The zero-order valence-electron chi connectivity index (χ0n) is 12.0. The molecule has 1 aromatic rings. The molecule has 0 aromatic carbocycles. The molecule has 0 radical (unpaired) electrons. The highest BCUT2D eigenvalue weighted by molar-refractivity contribution is 7.98. The van der Waals surface area contributed by atoms with E-state index in [2.05, 4.69) is 16.0 Å². The minimum atomic E-state index is 0.134. The Hall–Kier alpha value is -0.770. The summed E-state index contributed by atoms with van der Waals surface area (Å²) in [5.41, 5.74) is 0.934. The molecule has 1 fully saturated rings. The van der Waals surface area contributed by atoms with E-state index in [4.69, 9.17) is 0 Å². The number of aromatic nitrogens is 2. The number of hydrogen-bond donors (Lipinski definition) is 0. The molecule has 1 aromatic heterocycles. The molecule has 0 spiro atoms. The minimum Gasteiger partial charge on any atom is -0.299 e. The molecule has 0 N–H and O–H groups in total. The highest BCUT2D eigenvalue weighted by Gasteiger charge is 2.18. The van der Waals surface area contributed by atoms with Gasteiger partial charge in [0.2, 0.25) is 0 Å². The van der Waals surface area contributed by atoms with Crippen LogP contribution in [0.2, 0.25) is 0 Å². The number of carbonyl (C=O) groups is 1. The fraction of sp³-hybridized carbons (Fsp3) is 0.733. The Labute approximate surface area is 120 Å². The van der Waals surface area contributed by atoms with Crippen molar-refractivity contribution in [3.63, 3.8) is 0 Å². The lowest BCUT2D eigenvalue weighted by molar-refractivity contribution is -0.121. The summed E-state index contributed by atoms with van der Waals surface area (Å²) in [5, 5.41) is 4.61. The number of rotatable bonds is 6. The highest BCUT2D eigenvalue weighted by atomic mass is 32.2. The van der Waals surface area contributed by atoms with Crippen molar-refractivity contribution in [1.82, 2.24) is 9.78 Å². The zero-order chi connectivity index (χ0) is 13.7. The van der Waals surface area contributed by atoms with Crippen molar-refractivity contribution in [3.8, 4) is 0 Å².